The lowest BCUT2D eigenvalue weighted by atomic mass is 9.93. The lowest BCUT2D eigenvalue weighted by Crippen LogP contribution is -1.89. The standard InChI is InChI=1S/C23H16/c1-2-8-18-15-23-19(14-17(18)7-1)9-5-11-21(23)22-13-12-16-6-3-4-10-20(16)22/h1-11,13-15H,12H2. The van der Waals surface area contributed by atoms with Gasteiger partial charge in [0.05, 0.1) is 0 Å². The van der Waals surface area contributed by atoms with Gasteiger partial charge in [0.25, 0.3) is 0 Å². The van der Waals surface area contributed by atoms with Crippen molar-refractivity contribution in [2.45, 2.75) is 6.42 Å². The third-order valence-electron chi connectivity index (χ3n) is 4.87. The maximum atomic E-state index is 2.37. The zero-order valence-corrected chi connectivity index (χ0v) is 12.8. The first-order valence-corrected chi connectivity index (χ1v) is 8.10. The van der Waals surface area contributed by atoms with Crippen molar-refractivity contribution in [2.75, 3.05) is 0 Å². The molecule has 108 valence electrons. The van der Waals surface area contributed by atoms with Crippen molar-refractivity contribution in [1.29, 1.82) is 0 Å². The molecule has 0 heterocycles. The molecular formula is C23H16. The van der Waals surface area contributed by atoms with Gasteiger partial charge in [-0.3, -0.25) is 0 Å². The summed E-state index contributed by atoms with van der Waals surface area (Å²) in [7, 11) is 0. The van der Waals surface area contributed by atoms with Gasteiger partial charge in [-0.25, -0.2) is 0 Å². The molecule has 0 radical (unpaired) electrons. The van der Waals surface area contributed by atoms with Crippen molar-refractivity contribution >= 4 is 27.1 Å². The lowest BCUT2D eigenvalue weighted by Gasteiger charge is -2.11. The van der Waals surface area contributed by atoms with E-state index in [9.17, 15) is 0 Å². The molecule has 1 aliphatic rings. The SMILES string of the molecule is C1=C(c2cccc3cc4ccccc4cc23)c2ccccc2C1. The largest absolute Gasteiger partial charge is 0.0716 e. The number of benzene rings is 4. The number of hydrogen-bond acceptors (Lipinski definition) is 0. The maximum Gasteiger partial charge on any atom is -0.00819 e. The monoisotopic (exact) mass is 292 g/mol. The number of hydrogen-bond donors (Lipinski definition) is 0. The molecule has 0 saturated heterocycles. The minimum absolute atomic E-state index is 1.04. The average Bonchev–Trinajstić information content (AvgIpc) is 3.03. The van der Waals surface area contributed by atoms with Gasteiger partial charge in [0.1, 0.15) is 0 Å². The maximum absolute atomic E-state index is 2.37. The van der Waals surface area contributed by atoms with E-state index < -0.39 is 0 Å². The summed E-state index contributed by atoms with van der Waals surface area (Å²) >= 11 is 0. The van der Waals surface area contributed by atoms with Gasteiger partial charge in [0.15, 0.2) is 0 Å². The molecule has 0 unspecified atom stereocenters. The van der Waals surface area contributed by atoms with Crippen molar-refractivity contribution in [1.82, 2.24) is 0 Å². The van der Waals surface area contributed by atoms with Gasteiger partial charge >= 0.3 is 0 Å². The molecule has 23 heavy (non-hydrogen) atoms. The Morgan fingerprint density at radius 1 is 0.565 bits per heavy atom. The Balaban J connectivity index is 1.81. The molecule has 4 aromatic carbocycles. The molecule has 0 amide bonds. The van der Waals surface area contributed by atoms with Crippen LogP contribution >= 0.6 is 0 Å². The molecule has 0 aromatic heterocycles. The van der Waals surface area contributed by atoms with Crippen molar-refractivity contribution < 1.29 is 0 Å². The second-order valence-electron chi connectivity index (χ2n) is 6.21. The van der Waals surface area contributed by atoms with Crippen molar-refractivity contribution in [3.05, 3.63) is 102 Å². The molecule has 0 bridgehead atoms. The molecule has 0 fully saturated rings. The Bertz CT molecular complexity index is 1080. The predicted octanol–water partition coefficient (Wildman–Crippen LogP) is 5.98. The Morgan fingerprint density at radius 2 is 1.26 bits per heavy atom. The van der Waals surface area contributed by atoms with Gasteiger partial charge in [-0.1, -0.05) is 72.8 Å². The Labute approximate surface area is 135 Å². The van der Waals surface area contributed by atoms with E-state index >= 15 is 0 Å². The van der Waals surface area contributed by atoms with E-state index in [4.69, 9.17) is 0 Å². The summed E-state index contributed by atoms with van der Waals surface area (Å²) in [5.41, 5.74) is 5.54. The van der Waals surface area contributed by atoms with Crippen LogP contribution in [0.3, 0.4) is 0 Å². The first kappa shape index (κ1) is 12.7. The third-order valence-corrected chi connectivity index (χ3v) is 4.87. The van der Waals surface area contributed by atoms with E-state index in [2.05, 4.69) is 84.9 Å². The predicted molar refractivity (Wildman–Crippen MR) is 98.7 cm³/mol. The molecule has 0 nitrogen and oxygen atoms in total. The summed E-state index contributed by atoms with van der Waals surface area (Å²) < 4.78 is 0. The third kappa shape index (κ3) is 1.92. The van der Waals surface area contributed by atoms with Crippen LogP contribution in [0.25, 0.3) is 27.1 Å². The fourth-order valence-corrected chi connectivity index (χ4v) is 3.74. The van der Waals surface area contributed by atoms with E-state index in [0.717, 1.165) is 6.42 Å². The Hall–Kier alpha value is -2.86. The molecular weight excluding hydrogens is 276 g/mol. The minimum atomic E-state index is 1.04. The van der Waals surface area contributed by atoms with Crippen LogP contribution < -0.4 is 0 Å². The fraction of sp³-hybridized carbons (Fsp3) is 0.0435. The zero-order chi connectivity index (χ0) is 15.2. The summed E-state index contributed by atoms with van der Waals surface area (Å²) in [6.45, 7) is 0. The Kier molecular flexibility index (Phi) is 2.65. The lowest BCUT2D eigenvalue weighted by molar-refractivity contribution is 1.31. The minimum Gasteiger partial charge on any atom is -0.0716 e. The van der Waals surface area contributed by atoms with Crippen LogP contribution in [-0.4, -0.2) is 0 Å². The Morgan fingerprint density at radius 3 is 2.17 bits per heavy atom. The highest BCUT2D eigenvalue weighted by Crippen LogP contribution is 2.37. The second-order valence-corrected chi connectivity index (χ2v) is 6.21. The normalized spacial score (nSPS) is 13.3. The summed E-state index contributed by atoms with van der Waals surface area (Å²) in [6, 6.07) is 28.6. The highest BCUT2D eigenvalue weighted by Gasteiger charge is 2.16. The first-order valence-electron chi connectivity index (χ1n) is 8.10. The molecule has 4 aromatic rings. The molecule has 0 heteroatoms. The van der Waals surface area contributed by atoms with Gasteiger partial charge in [-0.15, -0.1) is 0 Å². The van der Waals surface area contributed by atoms with E-state index in [0.29, 0.717) is 0 Å². The van der Waals surface area contributed by atoms with Gasteiger partial charge in [0.2, 0.25) is 0 Å². The summed E-state index contributed by atoms with van der Waals surface area (Å²) in [5, 5.41) is 5.26. The first-order chi connectivity index (χ1) is 11.4. The zero-order valence-electron chi connectivity index (χ0n) is 12.8. The summed E-state index contributed by atoms with van der Waals surface area (Å²) in [4.78, 5) is 0. The van der Waals surface area contributed by atoms with Crippen LogP contribution in [0.1, 0.15) is 16.7 Å². The number of allylic oxidation sites excluding steroid dienone is 1. The van der Waals surface area contributed by atoms with E-state index in [1.165, 1.54) is 43.8 Å². The number of fused-ring (bicyclic) bond motifs is 3. The smallest absolute Gasteiger partial charge is 0.00819 e. The van der Waals surface area contributed by atoms with Crippen molar-refractivity contribution in [3.8, 4) is 0 Å². The molecule has 0 N–H and O–H groups in total. The highest BCUT2D eigenvalue weighted by atomic mass is 14.2. The molecule has 0 atom stereocenters. The highest BCUT2D eigenvalue weighted by molar-refractivity contribution is 6.05. The van der Waals surface area contributed by atoms with Crippen LogP contribution in [0, 0.1) is 0 Å². The average molecular weight is 292 g/mol. The molecule has 0 saturated carbocycles. The van der Waals surface area contributed by atoms with Crippen molar-refractivity contribution in [3.63, 3.8) is 0 Å². The fourth-order valence-electron chi connectivity index (χ4n) is 3.74. The van der Waals surface area contributed by atoms with Gasteiger partial charge < -0.3 is 0 Å². The quantitative estimate of drug-likeness (QED) is 0.378. The molecule has 5 rings (SSSR count). The van der Waals surface area contributed by atoms with Crippen LogP contribution in [0.5, 0.6) is 0 Å². The van der Waals surface area contributed by atoms with Gasteiger partial charge in [-0.2, -0.15) is 0 Å². The van der Waals surface area contributed by atoms with Crippen LogP contribution in [0.2, 0.25) is 0 Å². The van der Waals surface area contributed by atoms with Crippen LogP contribution in [0.15, 0.2) is 84.9 Å². The summed E-state index contributed by atoms with van der Waals surface area (Å²) in [5.74, 6) is 0. The summed E-state index contributed by atoms with van der Waals surface area (Å²) in [6.07, 6.45) is 3.41. The van der Waals surface area contributed by atoms with Crippen molar-refractivity contribution in [2.24, 2.45) is 0 Å². The second kappa shape index (κ2) is 4.82. The molecule has 0 aliphatic heterocycles. The topological polar surface area (TPSA) is 0 Å². The van der Waals surface area contributed by atoms with E-state index in [-0.39, 0.29) is 0 Å². The van der Waals surface area contributed by atoms with Crippen LogP contribution in [0.4, 0.5) is 0 Å². The van der Waals surface area contributed by atoms with Crippen LogP contribution in [-0.2, 0) is 6.42 Å². The van der Waals surface area contributed by atoms with E-state index in [1.807, 2.05) is 0 Å². The number of rotatable bonds is 1. The van der Waals surface area contributed by atoms with E-state index in [1.54, 1.807) is 0 Å². The molecule has 1 aliphatic carbocycles. The van der Waals surface area contributed by atoms with Gasteiger partial charge in [-0.05, 0) is 62.4 Å². The van der Waals surface area contributed by atoms with Gasteiger partial charge in [0, 0.05) is 0 Å². The molecule has 0 spiro atoms.